The molecule has 1 nitrogen and oxygen atoms in total. The van der Waals surface area contributed by atoms with Gasteiger partial charge in [0.15, 0.2) is 0 Å². The van der Waals surface area contributed by atoms with E-state index in [1.165, 1.54) is 11.1 Å². The summed E-state index contributed by atoms with van der Waals surface area (Å²) in [6.45, 7) is 4.37. The van der Waals surface area contributed by atoms with Crippen LogP contribution >= 0.6 is 0 Å². The van der Waals surface area contributed by atoms with Crippen molar-refractivity contribution in [2.75, 3.05) is 0 Å². The van der Waals surface area contributed by atoms with Crippen LogP contribution in [0.5, 0.6) is 0 Å². The zero-order valence-electron chi connectivity index (χ0n) is 12.3. The molecule has 1 heteroatoms. The molecule has 1 aliphatic carbocycles. The van der Waals surface area contributed by atoms with E-state index in [1.807, 2.05) is 0 Å². The van der Waals surface area contributed by atoms with Gasteiger partial charge in [-0.15, -0.1) is 0 Å². The average Bonchev–Trinajstić information content (AvgIpc) is 2.46. The van der Waals surface area contributed by atoms with Gasteiger partial charge in [0.25, 0.3) is 0 Å². The molecule has 0 bridgehead atoms. The molecule has 0 heterocycles. The fourth-order valence-corrected chi connectivity index (χ4v) is 3.40. The largest absolute Gasteiger partial charge is 0.299 e. The van der Waals surface area contributed by atoms with E-state index in [2.05, 4.69) is 38.1 Å². The third-order valence-electron chi connectivity index (χ3n) is 4.43. The molecule has 0 saturated heterocycles. The number of ketones is 1. The lowest BCUT2D eigenvalue weighted by molar-refractivity contribution is -0.127. The Bertz CT molecular complexity index is 415. The van der Waals surface area contributed by atoms with Crippen molar-refractivity contribution < 1.29 is 4.79 Å². The van der Waals surface area contributed by atoms with Crippen LogP contribution < -0.4 is 0 Å². The van der Waals surface area contributed by atoms with Crippen LogP contribution in [-0.4, -0.2) is 5.78 Å². The molecule has 0 amide bonds. The van der Waals surface area contributed by atoms with E-state index in [-0.39, 0.29) is 5.92 Å². The van der Waals surface area contributed by atoms with E-state index in [0.717, 1.165) is 44.9 Å². The van der Waals surface area contributed by atoms with Gasteiger partial charge < -0.3 is 0 Å². The molecule has 104 valence electrons. The number of hydrogen-bond acceptors (Lipinski definition) is 1. The van der Waals surface area contributed by atoms with Crippen LogP contribution in [-0.2, 0) is 17.6 Å². The smallest absolute Gasteiger partial charge is 0.139 e. The average molecular weight is 258 g/mol. The third kappa shape index (κ3) is 3.46. The van der Waals surface area contributed by atoms with Crippen molar-refractivity contribution in [1.82, 2.24) is 0 Å². The van der Waals surface area contributed by atoms with Crippen molar-refractivity contribution in [3.05, 3.63) is 35.4 Å². The summed E-state index contributed by atoms with van der Waals surface area (Å²) in [5, 5.41) is 0. The van der Waals surface area contributed by atoms with Crippen LogP contribution in [0.15, 0.2) is 24.3 Å². The maximum Gasteiger partial charge on any atom is 0.139 e. The van der Waals surface area contributed by atoms with Gasteiger partial charge in [0, 0.05) is 11.8 Å². The van der Waals surface area contributed by atoms with Crippen molar-refractivity contribution in [3.8, 4) is 0 Å². The molecule has 0 N–H and O–H groups in total. The van der Waals surface area contributed by atoms with Crippen molar-refractivity contribution in [2.45, 2.75) is 58.8 Å². The Hall–Kier alpha value is -1.11. The minimum atomic E-state index is 0.276. The summed E-state index contributed by atoms with van der Waals surface area (Å²) in [6, 6.07) is 8.62. The number of fused-ring (bicyclic) bond motifs is 1. The van der Waals surface area contributed by atoms with Gasteiger partial charge >= 0.3 is 0 Å². The minimum absolute atomic E-state index is 0.276. The molecule has 0 aromatic heterocycles. The number of carbonyl (C=O) groups is 1. The number of hydrogen-bond donors (Lipinski definition) is 0. The van der Waals surface area contributed by atoms with Gasteiger partial charge in [-0.2, -0.15) is 0 Å². The number of carbonyl (C=O) groups excluding carboxylic acids is 1. The van der Waals surface area contributed by atoms with Crippen LogP contribution in [0.1, 0.15) is 57.1 Å². The highest BCUT2D eigenvalue weighted by Gasteiger charge is 2.28. The second-order valence-corrected chi connectivity index (χ2v) is 5.89. The number of Topliss-reactive ketones (excluding diaryl/α,β-unsaturated/α-hetero) is 1. The summed E-state index contributed by atoms with van der Waals surface area (Å²) in [5.74, 6) is 1.13. The molecule has 0 spiro atoms. The van der Waals surface area contributed by atoms with Gasteiger partial charge in [0.2, 0.25) is 0 Å². The maximum atomic E-state index is 12.7. The Labute approximate surface area is 117 Å². The molecule has 1 atom stereocenters. The van der Waals surface area contributed by atoms with E-state index in [1.54, 1.807) is 0 Å². The second kappa shape index (κ2) is 6.88. The molecular weight excluding hydrogens is 232 g/mol. The molecule has 1 aliphatic rings. The number of benzene rings is 1. The summed E-state index contributed by atoms with van der Waals surface area (Å²) >= 11 is 0. The first-order chi connectivity index (χ1) is 9.26. The molecule has 0 fully saturated rings. The summed E-state index contributed by atoms with van der Waals surface area (Å²) in [7, 11) is 0. The highest BCUT2D eigenvalue weighted by atomic mass is 16.1. The van der Waals surface area contributed by atoms with Gasteiger partial charge in [-0.3, -0.25) is 4.79 Å². The van der Waals surface area contributed by atoms with Crippen molar-refractivity contribution in [2.24, 2.45) is 11.8 Å². The highest BCUT2D eigenvalue weighted by Crippen LogP contribution is 2.30. The maximum absolute atomic E-state index is 12.7. The molecule has 0 saturated carbocycles. The highest BCUT2D eigenvalue weighted by molar-refractivity contribution is 5.84. The number of aryl methyl sites for hydroxylation is 1. The van der Waals surface area contributed by atoms with Gasteiger partial charge in [-0.1, -0.05) is 51.0 Å². The van der Waals surface area contributed by atoms with Gasteiger partial charge in [0.05, 0.1) is 0 Å². The van der Waals surface area contributed by atoms with E-state index in [4.69, 9.17) is 0 Å². The SMILES string of the molecule is CCCC(CCC)C(=O)C1CCc2ccccc2C1. The molecule has 0 radical (unpaired) electrons. The zero-order valence-corrected chi connectivity index (χ0v) is 12.3. The lowest BCUT2D eigenvalue weighted by Gasteiger charge is -2.27. The fourth-order valence-electron chi connectivity index (χ4n) is 3.40. The van der Waals surface area contributed by atoms with Gasteiger partial charge in [0.1, 0.15) is 5.78 Å². The standard InChI is InChI=1S/C18H26O/c1-3-7-15(8-4-2)18(19)17-12-11-14-9-5-6-10-16(14)13-17/h5-6,9-10,15,17H,3-4,7-8,11-13H2,1-2H3. The quantitative estimate of drug-likeness (QED) is 0.730. The normalized spacial score (nSPS) is 18.4. The predicted octanol–water partition coefficient (Wildman–Crippen LogP) is 4.58. The first-order valence-electron chi connectivity index (χ1n) is 7.86. The van der Waals surface area contributed by atoms with E-state index in [9.17, 15) is 4.79 Å². The lowest BCUT2D eigenvalue weighted by atomic mass is 9.77. The first kappa shape index (κ1) is 14.3. The van der Waals surface area contributed by atoms with Crippen LogP contribution in [0.2, 0.25) is 0 Å². The summed E-state index contributed by atoms with van der Waals surface area (Å²) in [4.78, 5) is 12.7. The Kier molecular flexibility index (Phi) is 5.18. The van der Waals surface area contributed by atoms with Crippen molar-refractivity contribution >= 4 is 5.78 Å². The first-order valence-corrected chi connectivity index (χ1v) is 7.86. The predicted molar refractivity (Wildman–Crippen MR) is 80.3 cm³/mol. The van der Waals surface area contributed by atoms with E-state index < -0.39 is 0 Å². The van der Waals surface area contributed by atoms with Crippen molar-refractivity contribution in [3.63, 3.8) is 0 Å². The Morgan fingerprint density at radius 3 is 2.42 bits per heavy atom. The molecule has 1 aromatic rings. The molecule has 2 rings (SSSR count). The van der Waals surface area contributed by atoms with Crippen LogP contribution in [0.4, 0.5) is 0 Å². The van der Waals surface area contributed by atoms with E-state index >= 15 is 0 Å². The summed E-state index contributed by atoms with van der Waals surface area (Å²) < 4.78 is 0. The van der Waals surface area contributed by atoms with Gasteiger partial charge in [-0.25, -0.2) is 0 Å². The van der Waals surface area contributed by atoms with Gasteiger partial charge in [-0.05, 0) is 43.2 Å². The molecule has 0 aliphatic heterocycles. The molecular formula is C18H26O. The Morgan fingerprint density at radius 2 is 1.79 bits per heavy atom. The van der Waals surface area contributed by atoms with Crippen LogP contribution in [0, 0.1) is 11.8 Å². The zero-order chi connectivity index (χ0) is 13.7. The van der Waals surface area contributed by atoms with E-state index in [0.29, 0.717) is 11.7 Å². The second-order valence-electron chi connectivity index (χ2n) is 5.89. The minimum Gasteiger partial charge on any atom is -0.299 e. The molecule has 1 unspecified atom stereocenters. The third-order valence-corrected chi connectivity index (χ3v) is 4.43. The topological polar surface area (TPSA) is 17.1 Å². The molecule has 19 heavy (non-hydrogen) atoms. The fraction of sp³-hybridized carbons (Fsp3) is 0.611. The summed E-state index contributed by atoms with van der Waals surface area (Å²) in [6.07, 6.45) is 7.51. The van der Waals surface area contributed by atoms with Crippen molar-refractivity contribution in [1.29, 1.82) is 0 Å². The number of rotatable bonds is 6. The summed E-state index contributed by atoms with van der Waals surface area (Å²) in [5.41, 5.74) is 2.85. The Balaban J connectivity index is 2.04. The van der Waals surface area contributed by atoms with Crippen LogP contribution in [0.3, 0.4) is 0 Å². The Morgan fingerprint density at radius 1 is 1.16 bits per heavy atom. The monoisotopic (exact) mass is 258 g/mol. The van der Waals surface area contributed by atoms with Crippen LogP contribution in [0.25, 0.3) is 0 Å². The molecule has 1 aromatic carbocycles. The lowest BCUT2D eigenvalue weighted by Crippen LogP contribution is -2.28.